The maximum absolute atomic E-state index is 3.63. The van der Waals surface area contributed by atoms with E-state index in [9.17, 15) is 0 Å². The Balaban J connectivity index is 2.03. The van der Waals surface area contributed by atoms with Crippen LogP contribution >= 0.6 is 43.8 Å². The Morgan fingerprint density at radius 1 is 1.05 bits per heavy atom. The van der Waals surface area contributed by atoms with Gasteiger partial charge in [0.05, 0.1) is 5.52 Å². The van der Waals surface area contributed by atoms with Crippen molar-refractivity contribution in [2.75, 3.05) is 0 Å². The van der Waals surface area contributed by atoms with Crippen LogP contribution in [-0.2, 0) is 5.33 Å². The average Bonchev–Trinajstić information content (AvgIpc) is 2.81. The van der Waals surface area contributed by atoms with Gasteiger partial charge in [0.25, 0.3) is 0 Å². The topological polar surface area (TPSA) is 4.93 Å². The zero-order chi connectivity index (χ0) is 13.2. The van der Waals surface area contributed by atoms with Gasteiger partial charge in [0.2, 0.25) is 0 Å². The van der Waals surface area contributed by atoms with Crippen LogP contribution in [0.3, 0.4) is 0 Å². The lowest BCUT2D eigenvalue weighted by atomic mass is 10.2. The van der Waals surface area contributed by atoms with Gasteiger partial charge < -0.3 is 0 Å². The van der Waals surface area contributed by atoms with E-state index >= 15 is 0 Å². The number of hydrogen-bond donors (Lipinski definition) is 0. The van der Waals surface area contributed by atoms with Crippen LogP contribution in [-0.4, -0.2) is 3.97 Å². The summed E-state index contributed by atoms with van der Waals surface area (Å²) in [6.07, 6.45) is 2.12. The second-order valence-electron chi connectivity index (χ2n) is 4.18. The molecule has 0 fully saturated rings. The van der Waals surface area contributed by atoms with Gasteiger partial charge in [-0.3, -0.25) is 3.97 Å². The van der Waals surface area contributed by atoms with Crippen molar-refractivity contribution in [2.24, 2.45) is 0 Å². The summed E-state index contributed by atoms with van der Waals surface area (Å²) in [4.78, 5) is 1.24. The average molecular weight is 397 g/mol. The molecule has 0 amide bonds. The van der Waals surface area contributed by atoms with E-state index in [2.05, 4.69) is 84.5 Å². The number of nitrogens with zero attached hydrogens (tertiary/aromatic N) is 1. The zero-order valence-corrected chi connectivity index (χ0v) is 14.0. The van der Waals surface area contributed by atoms with Gasteiger partial charge in [0.15, 0.2) is 0 Å². The molecule has 96 valence electrons. The Morgan fingerprint density at radius 3 is 2.58 bits per heavy atom. The predicted molar refractivity (Wildman–Crippen MR) is 90.0 cm³/mol. The summed E-state index contributed by atoms with van der Waals surface area (Å²) in [5.41, 5.74) is 2.50. The lowest BCUT2D eigenvalue weighted by Crippen LogP contribution is -1.86. The maximum atomic E-state index is 3.63. The van der Waals surface area contributed by atoms with Gasteiger partial charge in [-0.15, -0.1) is 0 Å². The van der Waals surface area contributed by atoms with Crippen LogP contribution < -0.4 is 0 Å². The summed E-state index contributed by atoms with van der Waals surface area (Å²) in [6.45, 7) is 0. The Labute approximate surface area is 133 Å². The lowest BCUT2D eigenvalue weighted by Gasteiger charge is -2.06. The van der Waals surface area contributed by atoms with Gasteiger partial charge in [-0.2, -0.15) is 0 Å². The quantitative estimate of drug-likeness (QED) is 0.502. The third-order valence-electron chi connectivity index (χ3n) is 2.91. The number of aromatic nitrogens is 1. The number of rotatable bonds is 3. The summed E-state index contributed by atoms with van der Waals surface area (Å²) >= 11 is 8.87. The number of alkyl halides is 1. The molecule has 0 saturated carbocycles. The normalized spacial score (nSPS) is 11.1. The van der Waals surface area contributed by atoms with Gasteiger partial charge >= 0.3 is 0 Å². The van der Waals surface area contributed by atoms with E-state index in [0.717, 1.165) is 9.80 Å². The first-order valence-corrected chi connectivity index (χ1v) is 8.55. The first kappa shape index (κ1) is 13.3. The highest BCUT2D eigenvalue weighted by atomic mass is 79.9. The van der Waals surface area contributed by atoms with E-state index in [1.54, 1.807) is 11.9 Å². The van der Waals surface area contributed by atoms with E-state index in [0.29, 0.717) is 0 Å². The summed E-state index contributed by atoms with van der Waals surface area (Å²) in [7, 11) is 0. The Bertz CT molecular complexity index is 707. The molecule has 1 nitrogen and oxygen atoms in total. The van der Waals surface area contributed by atoms with Crippen molar-refractivity contribution in [2.45, 2.75) is 10.2 Å². The van der Waals surface area contributed by atoms with Crippen LogP contribution in [0, 0.1) is 0 Å². The fourth-order valence-electron chi connectivity index (χ4n) is 1.96. The molecule has 0 saturated heterocycles. The molecule has 3 rings (SSSR count). The first-order chi connectivity index (χ1) is 9.28. The zero-order valence-electron chi connectivity index (χ0n) is 10.0. The smallest absolute Gasteiger partial charge is 0.0605 e. The molecule has 19 heavy (non-hydrogen) atoms. The van der Waals surface area contributed by atoms with Crippen molar-refractivity contribution in [3.05, 3.63) is 64.8 Å². The molecular formula is C15H11Br2NS. The van der Waals surface area contributed by atoms with Crippen molar-refractivity contribution in [1.82, 2.24) is 3.97 Å². The molecule has 2 aromatic carbocycles. The lowest BCUT2D eigenvalue weighted by molar-refractivity contribution is 1.31. The first-order valence-electron chi connectivity index (χ1n) is 5.87. The molecule has 1 aromatic heterocycles. The summed E-state index contributed by atoms with van der Waals surface area (Å²) in [6, 6.07) is 17.0. The van der Waals surface area contributed by atoms with Crippen LogP contribution in [0.2, 0.25) is 0 Å². The molecule has 0 spiro atoms. The van der Waals surface area contributed by atoms with Crippen LogP contribution in [0.25, 0.3) is 10.9 Å². The monoisotopic (exact) mass is 395 g/mol. The summed E-state index contributed by atoms with van der Waals surface area (Å²) in [5, 5.41) is 2.13. The van der Waals surface area contributed by atoms with Crippen molar-refractivity contribution in [1.29, 1.82) is 0 Å². The van der Waals surface area contributed by atoms with Crippen LogP contribution in [0.1, 0.15) is 5.56 Å². The van der Waals surface area contributed by atoms with E-state index in [4.69, 9.17) is 0 Å². The number of hydrogen-bond acceptors (Lipinski definition) is 1. The molecule has 1 heterocycles. The van der Waals surface area contributed by atoms with Crippen molar-refractivity contribution in [3.8, 4) is 0 Å². The summed E-state index contributed by atoms with van der Waals surface area (Å²) < 4.78 is 3.35. The van der Waals surface area contributed by atoms with E-state index < -0.39 is 0 Å². The molecule has 0 atom stereocenters. The van der Waals surface area contributed by atoms with Gasteiger partial charge in [0, 0.05) is 26.3 Å². The van der Waals surface area contributed by atoms with Gasteiger partial charge in [-0.25, -0.2) is 0 Å². The Kier molecular flexibility index (Phi) is 4.01. The minimum Gasteiger partial charge on any atom is -0.287 e. The standard InChI is InChI=1S/C15H11Br2NS/c16-10-12-8-11-6-7-18(15(11)9-14(12)17)19-13-4-2-1-3-5-13/h1-9H,10H2. The fourth-order valence-corrected chi connectivity index (χ4v) is 4.15. The van der Waals surface area contributed by atoms with Crippen molar-refractivity contribution < 1.29 is 0 Å². The van der Waals surface area contributed by atoms with Crippen LogP contribution in [0.4, 0.5) is 0 Å². The number of halogens is 2. The highest BCUT2D eigenvalue weighted by Gasteiger charge is 2.07. The third-order valence-corrected chi connectivity index (χ3v) is 5.25. The molecule has 3 aromatic rings. The second-order valence-corrected chi connectivity index (χ2v) is 6.64. The molecular weight excluding hydrogens is 386 g/mol. The minimum absolute atomic E-state index is 0.862. The molecule has 0 aliphatic heterocycles. The predicted octanol–water partition coefficient (Wildman–Crippen LogP) is 5.85. The van der Waals surface area contributed by atoms with Crippen molar-refractivity contribution >= 4 is 54.7 Å². The third kappa shape index (κ3) is 2.76. The summed E-state index contributed by atoms with van der Waals surface area (Å²) in [5.74, 6) is 0. The molecule has 0 aliphatic carbocycles. The molecule has 0 unspecified atom stereocenters. The number of fused-ring (bicyclic) bond motifs is 1. The van der Waals surface area contributed by atoms with E-state index in [1.807, 2.05) is 6.07 Å². The molecule has 0 bridgehead atoms. The minimum atomic E-state index is 0.862. The molecule has 0 radical (unpaired) electrons. The maximum Gasteiger partial charge on any atom is 0.0605 e. The largest absolute Gasteiger partial charge is 0.287 e. The Hall–Kier alpha value is -0.710. The van der Waals surface area contributed by atoms with Gasteiger partial charge in [0.1, 0.15) is 0 Å². The Morgan fingerprint density at radius 2 is 1.84 bits per heavy atom. The van der Waals surface area contributed by atoms with E-state index in [1.165, 1.54) is 21.4 Å². The molecule has 4 heteroatoms. The second kappa shape index (κ2) is 5.73. The van der Waals surface area contributed by atoms with Crippen molar-refractivity contribution in [3.63, 3.8) is 0 Å². The fraction of sp³-hybridized carbons (Fsp3) is 0.0667. The molecule has 0 aliphatic rings. The molecule has 0 N–H and O–H groups in total. The van der Waals surface area contributed by atoms with Crippen LogP contribution in [0.15, 0.2) is 64.1 Å². The highest BCUT2D eigenvalue weighted by Crippen LogP contribution is 2.31. The van der Waals surface area contributed by atoms with Gasteiger partial charge in [-0.05, 0) is 47.8 Å². The van der Waals surface area contributed by atoms with Crippen LogP contribution in [0.5, 0.6) is 0 Å². The van der Waals surface area contributed by atoms with E-state index in [-0.39, 0.29) is 0 Å². The SMILES string of the molecule is BrCc1cc2ccn(Sc3ccccc3)c2cc1Br. The highest BCUT2D eigenvalue weighted by molar-refractivity contribution is 9.10. The number of benzene rings is 2. The van der Waals surface area contributed by atoms with Gasteiger partial charge in [-0.1, -0.05) is 50.1 Å².